The van der Waals surface area contributed by atoms with Crippen molar-refractivity contribution in [1.29, 1.82) is 0 Å². The highest BCUT2D eigenvalue weighted by molar-refractivity contribution is 9.10. The first-order chi connectivity index (χ1) is 10.2. The van der Waals surface area contributed by atoms with Crippen molar-refractivity contribution in [3.8, 4) is 5.75 Å². The average Bonchev–Trinajstić information content (AvgIpc) is 2.84. The fourth-order valence-electron chi connectivity index (χ4n) is 2.15. The molecule has 4 nitrogen and oxygen atoms in total. The first kappa shape index (κ1) is 16.6. The summed E-state index contributed by atoms with van der Waals surface area (Å²) in [7, 11) is 0. The van der Waals surface area contributed by atoms with E-state index in [-0.39, 0.29) is 17.8 Å². The number of aromatic carboxylic acids is 1. The zero-order valence-corrected chi connectivity index (χ0v) is 14.7. The van der Waals surface area contributed by atoms with Gasteiger partial charge in [-0.25, -0.2) is 4.79 Å². The molecule has 0 aliphatic heterocycles. The van der Waals surface area contributed by atoms with Crippen molar-refractivity contribution in [2.45, 2.75) is 39.7 Å². The molecular weight excluding hydrogens is 348 g/mol. The average molecular weight is 367 g/mol. The second-order valence-corrected chi connectivity index (χ2v) is 7.09. The van der Waals surface area contributed by atoms with Gasteiger partial charge in [-0.15, -0.1) is 0 Å². The molecule has 5 heteroatoms. The van der Waals surface area contributed by atoms with Gasteiger partial charge in [0, 0.05) is 5.56 Å². The smallest absolute Gasteiger partial charge is 0.371 e. The molecule has 22 heavy (non-hydrogen) atoms. The Morgan fingerprint density at radius 3 is 2.55 bits per heavy atom. The molecule has 2 aromatic rings. The lowest BCUT2D eigenvalue weighted by molar-refractivity contribution is 0.0658. The van der Waals surface area contributed by atoms with Crippen LogP contribution in [0.1, 0.15) is 48.2 Å². The van der Waals surface area contributed by atoms with E-state index in [1.54, 1.807) is 6.07 Å². The van der Waals surface area contributed by atoms with Gasteiger partial charge in [0.1, 0.15) is 18.1 Å². The summed E-state index contributed by atoms with van der Waals surface area (Å²) in [5, 5.41) is 8.87. The lowest BCUT2D eigenvalue weighted by Crippen LogP contribution is -2.14. The summed E-state index contributed by atoms with van der Waals surface area (Å²) in [4.78, 5) is 10.8. The quantitative estimate of drug-likeness (QED) is 0.833. The minimum atomic E-state index is -1.09. The first-order valence-corrected chi connectivity index (χ1v) is 7.73. The number of halogens is 1. The monoisotopic (exact) mass is 366 g/mol. The highest BCUT2D eigenvalue weighted by atomic mass is 79.9. The van der Waals surface area contributed by atoms with Gasteiger partial charge in [0.15, 0.2) is 0 Å². The summed E-state index contributed by atoms with van der Waals surface area (Å²) >= 11 is 3.54. The Morgan fingerprint density at radius 1 is 1.32 bits per heavy atom. The van der Waals surface area contributed by atoms with E-state index in [9.17, 15) is 4.79 Å². The van der Waals surface area contributed by atoms with Gasteiger partial charge in [0.25, 0.3) is 0 Å². The Hall–Kier alpha value is -1.75. The zero-order valence-electron chi connectivity index (χ0n) is 13.1. The number of carboxylic acids is 1. The van der Waals surface area contributed by atoms with E-state index in [0.717, 1.165) is 21.3 Å². The molecule has 0 saturated carbocycles. The molecule has 0 atom stereocenters. The topological polar surface area (TPSA) is 59.7 Å². The molecule has 0 fully saturated rings. The largest absolute Gasteiger partial charge is 0.484 e. The Labute approximate surface area is 138 Å². The fraction of sp³-hybridized carbons (Fsp3) is 0.353. The van der Waals surface area contributed by atoms with Crippen LogP contribution in [-0.4, -0.2) is 11.1 Å². The molecular formula is C17H19BrO4. The molecule has 118 valence electrons. The third-order valence-corrected chi connectivity index (χ3v) is 3.82. The second-order valence-electron chi connectivity index (χ2n) is 6.23. The number of carboxylic acid groups (broad SMARTS) is 1. The highest BCUT2D eigenvalue weighted by Gasteiger charge is 2.22. The number of aryl methyl sites for hydroxylation is 1. The molecule has 0 aliphatic rings. The molecule has 2 rings (SSSR count). The summed E-state index contributed by atoms with van der Waals surface area (Å²) in [6, 6.07) is 7.14. The van der Waals surface area contributed by atoms with Crippen LogP contribution in [0.2, 0.25) is 0 Å². The van der Waals surface area contributed by atoms with E-state index < -0.39 is 5.97 Å². The van der Waals surface area contributed by atoms with Crippen molar-refractivity contribution in [1.82, 2.24) is 0 Å². The summed E-state index contributed by atoms with van der Waals surface area (Å²) in [6.45, 7) is 8.58. The standard InChI is InChI=1S/C17H19BrO4/c1-10-7-12(17(2,3)4)15(13(18)8-10)21-9-11-5-6-14(22-11)16(19)20/h5-8H,9H2,1-4H3,(H,19,20). The normalized spacial score (nSPS) is 11.5. The minimum absolute atomic E-state index is 0.0702. The van der Waals surface area contributed by atoms with E-state index >= 15 is 0 Å². The van der Waals surface area contributed by atoms with Gasteiger partial charge in [-0.2, -0.15) is 0 Å². The molecule has 1 N–H and O–H groups in total. The van der Waals surface area contributed by atoms with Crippen LogP contribution < -0.4 is 4.74 Å². The van der Waals surface area contributed by atoms with Gasteiger partial charge in [-0.1, -0.05) is 26.8 Å². The van der Waals surface area contributed by atoms with E-state index in [1.807, 2.05) is 13.0 Å². The van der Waals surface area contributed by atoms with Crippen LogP contribution in [0.25, 0.3) is 0 Å². The van der Waals surface area contributed by atoms with Crippen LogP contribution in [0.5, 0.6) is 5.75 Å². The molecule has 0 amide bonds. The van der Waals surface area contributed by atoms with Crippen LogP contribution in [0.15, 0.2) is 33.2 Å². The number of ether oxygens (including phenoxy) is 1. The number of hydrogen-bond donors (Lipinski definition) is 1. The molecule has 0 bridgehead atoms. The van der Waals surface area contributed by atoms with Crippen molar-refractivity contribution in [3.63, 3.8) is 0 Å². The Bertz CT molecular complexity index is 695. The molecule has 1 heterocycles. The van der Waals surface area contributed by atoms with Crippen LogP contribution in [-0.2, 0) is 12.0 Å². The SMILES string of the molecule is Cc1cc(Br)c(OCc2ccc(C(=O)O)o2)c(C(C)(C)C)c1. The van der Waals surface area contributed by atoms with Crippen molar-refractivity contribution in [2.24, 2.45) is 0 Å². The molecule has 0 aliphatic carbocycles. The van der Waals surface area contributed by atoms with Crippen LogP contribution in [0, 0.1) is 6.92 Å². The van der Waals surface area contributed by atoms with Gasteiger partial charge < -0.3 is 14.3 Å². The predicted octanol–water partition coefficient (Wildman–Crippen LogP) is 4.93. The lowest BCUT2D eigenvalue weighted by atomic mass is 9.85. The van der Waals surface area contributed by atoms with Crippen LogP contribution >= 0.6 is 15.9 Å². The van der Waals surface area contributed by atoms with E-state index in [4.69, 9.17) is 14.3 Å². The Kier molecular flexibility index (Phi) is 4.66. The second kappa shape index (κ2) is 6.16. The third-order valence-electron chi connectivity index (χ3n) is 3.23. The molecule has 0 unspecified atom stereocenters. The summed E-state index contributed by atoms with van der Waals surface area (Å²) < 4.78 is 12.0. The maximum atomic E-state index is 10.8. The lowest BCUT2D eigenvalue weighted by Gasteiger charge is -2.24. The number of hydrogen-bond acceptors (Lipinski definition) is 3. The van der Waals surface area contributed by atoms with Crippen molar-refractivity contribution < 1.29 is 19.1 Å². The Balaban J connectivity index is 2.27. The fourth-order valence-corrected chi connectivity index (χ4v) is 2.84. The minimum Gasteiger partial charge on any atom is -0.484 e. The van der Waals surface area contributed by atoms with Crippen LogP contribution in [0.3, 0.4) is 0 Å². The number of carbonyl (C=O) groups is 1. The molecule has 0 spiro atoms. The number of rotatable bonds is 4. The van der Waals surface area contributed by atoms with Gasteiger partial charge in [-0.05, 0) is 52.0 Å². The third kappa shape index (κ3) is 3.71. The van der Waals surface area contributed by atoms with Gasteiger partial charge >= 0.3 is 5.97 Å². The van der Waals surface area contributed by atoms with E-state index in [0.29, 0.717) is 5.76 Å². The molecule has 1 aromatic heterocycles. The maximum Gasteiger partial charge on any atom is 0.371 e. The van der Waals surface area contributed by atoms with E-state index in [2.05, 4.69) is 42.8 Å². The van der Waals surface area contributed by atoms with Crippen molar-refractivity contribution in [3.05, 3.63) is 51.4 Å². The van der Waals surface area contributed by atoms with Gasteiger partial charge in [0.2, 0.25) is 5.76 Å². The highest BCUT2D eigenvalue weighted by Crippen LogP contribution is 2.38. The van der Waals surface area contributed by atoms with Crippen molar-refractivity contribution >= 4 is 21.9 Å². The number of furan rings is 1. The summed E-state index contributed by atoms with van der Waals surface area (Å²) in [5.74, 6) is 0.0619. The molecule has 0 saturated heterocycles. The maximum absolute atomic E-state index is 10.8. The summed E-state index contributed by atoms with van der Waals surface area (Å²) in [6.07, 6.45) is 0. The van der Waals surface area contributed by atoms with Crippen molar-refractivity contribution in [2.75, 3.05) is 0 Å². The summed E-state index contributed by atoms with van der Waals surface area (Å²) in [5.41, 5.74) is 2.17. The van der Waals surface area contributed by atoms with Crippen LogP contribution in [0.4, 0.5) is 0 Å². The molecule has 0 radical (unpaired) electrons. The predicted molar refractivity (Wildman–Crippen MR) is 87.6 cm³/mol. The first-order valence-electron chi connectivity index (χ1n) is 6.94. The zero-order chi connectivity index (χ0) is 16.5. The molecule has 1 aromatic carbocycles. The Morgan fingerprint density at radius 2 is 2.00 bits per heavy atom. The van der Waals surface area contributed by atoms with Gasteiger partial charge in [0.05, 0.1) is 4.47 Å². The van der Waals surface area contributed by atoms with Gasteiger partial charge in [-0.3, -0.25) is 0 Å². The van der Waals surface area contributed by atoms with E-state index in [1.165, 1.54) is 6.07 Å². The number of benzene rings is 1.